The van der Waals surface area contributed by atoms with Crippen molar-refractivity contribution in [2.24, 2.45) is 0 Å². The maximum Gasteiger partial charge on any atom is 0.238 e. The highest BCUT2D eigenvalue weighted by Crippen LogP contribution is 2.29. The minimum atomic E-state index is -0.288. The summed E-state index contributed by atoms with van der Waals surface area (Å²) < 4.78 is 10.6. The van der Waals surface area contributed by atoms with Crippen LogP contribution in [0.3, 0.4) is 0 Å². The van der Waals surface area contributed by atoms with E-state index in [0.29, 0.717) is 22.2 Å². The molecule has 2 N–H and O–H groups in total. The lowest BCUT2D eigenvalue weighted by atomic mass is 10.1. The molecule has 7 nitrogen and oxygen atoms in total. The molecule has 29 heavy (non-hydrogen) atoms. The minimum Gasteiger partial charge on any atom is -0.497 e. The van der Waals surface area contributed by atoms with Crippen molar-refractivity contribution in [3.8, 4) is 11.5 Å². The average molecular weight is 420 g/mol. The molecule has 2 aromatic carbocycles. The number of carbonyl (C=O) groups is 2. The Bertz CT molecular complexity index is 842. The van der Waals surface area contributed by atoms with Crippen LogP contribution < -0.4 is 20.1 Å². The fraction of sp³-hybridized carbons (Fsp3) is 0.333. The van der Waals surface area contributed by atoms with E-state index in [0.717, 1.165) is 5.56 Å². The molecule has 1 atom stereocenters. The van der Waals surface area contributed by atoms with E-state index in [-0.39, 0.29) is 30.9 Å². The Balaban J connectivity index is 1.87. The molecule has 0 fully saturated rings. The Morgan fingerprint density at radius 3 is 2.31 bits per heavy atom. The van der Waals surface area contributed by atoms with Crippen molar-refractivity contribution in [2.45, 2.75) is 13.0 Å². The number of likely N-dealkylation sites (N-methyl/N-ethyl adjacent to an activating group) is 1. The van der Waals surface area contributed by atoms with Gasteiger partial charge in [-0.25, -0.2) is 0 Å². The number of anilines is 1. The van der Waals surface area contributed by atoms with Gasteiger partial charge in [0.15, 0.2) is 0 Å². The Morgan fingerprint density at radius 2 is 1.69 bits per heavy atom. The predicted octanol–water partition coefficient (Wildman–Crippen LogP) is 3.10. The van der Waals surface area contributed by atoms with Crippen molar-refractivity contribution in [3.63, 3.8) is 0 Å². The molecule has 0 heterocycles. The molecule has 0 unspecified atom stereocenters. The van der Waals surface area contributed by atoms with Crippen LogP contribution in [-0.2, 0) is 9.59 Å². The van der Waals surface area contributed by atoms with Gasteiger partial charge in [-0.05, 0) is 56.4 Å². The van der Waals surface area contributed by atoms with Crippen LogP contribution in [0.5, 0.6) is 11.5 Å². The second kappa shape index (κ2) is 10.7. The molecule has 2 amide bonds. The molecule has 0 saturated carbocycles. The standard InChI is InChI=1S/C21H26ClN3O4/c1-14(18-11-17(28-3)9-10-19(18)29-4)23-20(26)12-25(2)13-21(27)24-16-7-5-15(22)6-8-16/h5-11,14H,12-13H2,1-4H3,(H,23,26)(H,24,27)/t14-/m0/s1. The number of amides is 2. The first-order chi connectivity index (χ1) is 13.8. The smallest absolute Gasteiger partial charge is 0.238 e. The van der Waals surface area contributed by atoms with Crippen LogP contribution in [0.25, 0.3) is 0 Å². The number of hydrogen-bond donors (Lipinski definition) is 2. The van der Waals surface area contributed by atoms with Gasteiger partial charge in [0.25, 0.3) is 0 Å². The van der Waals surface area contributed by atoms with Gasteiger partial charge < -0.3 is 20.1 Å². The highest BCUT2D eigenvalue weighted by atomic mass is 35.5. The molecule has 0 aliphatic carbocycles. The van der Waals surface area contributed by atoms with Crippen LogP contribution in [0.15, 0.2) is 42.5 Å². The van der Waals surface area contributed by atoms with Gasteiger partial charge in [-0.2, -0.15) is 0 Å². The molecule has 2 rings (SSSR count). The van der Waals surface area contributed by atoms with E-state index in [1.54, 1.807) is 62.6 Å². The van der Waals surface area contributed by atoms with E-state index in [1.807, 2.05) is 13.0 Å². The van der Waals surface area contributed by atoms with Crippen molar-refractivity contribution < 1.29 is 19.1 Å². The molecule has 0 aliphatic rings. The third-order valence-electron chi connectivity index (χ3n) is 4.24. The van der Waals surface area contributed by atoms with Gasteiger partial charge in [0.05, 0.1) is 33.4 Å². The molecule has 0 spiro atoms. The molecule has 0 bridgehead atoms. The van der Waals surface area contributed by atoms with Crippen molar-refractivity contribution in [2.75, 3.05) is 39.7 Å². The van der Waals surface area contributed by atoms with Crippen LogP contribution in [-0.4, -0.2) is 51.1 Å². The minimum absolute atomic E-state index is 0.0741. The largest absolute Gasteiger partial charge is 0.497 e. The second-order valence-electron chi connectivity index (χ2n) is 6.62. The summed E-state index contributed by atoms with van der Waals surface area (Å²) in [5, 5.41) is 6.28. The number of hydrogen-bond acceptors (Lipinski definition) is 5. The van der Waals surface area contributed by atoms with Gasteiger partial charge in [0.2, 0.25) is 11.8 Å². The molecule has 156 valence electrons. The van der Waals surface area contributed by atoms with E-state index in [9.17, 15) is 9.59 Å². The number of ether oxygens (including phenoxy) is 2. The molecular formula is C21H26ClN3O4. The summed E-state index contributed by atoms with van der Waals surface area (Å²) in [6.45, 7) is 2.01. The Labute approximate surface area is 175 Å². The lowest BCUT2D eigenvalue weighted by molar-refractivity contribution is -0.123. The van der Waals surface area contributed by atoms with Crippen LogP contribution >= 0.6 is 11.6 Å². The fourth-order valence-corrected chi connectivity index (χ4v) is 2.95. The summed E-state index contributed by atoms with van der Waals surface area (Å²) in [5.74, 6) is 0.918. The fourth-order valence-electron chi connectivity index (χ4n) is 2.82. The van der Waals surface area contributed by atoms with Crippen LogP contribution in [0.2, 0.25) is 5.02 Å². The Hall–Kier alpha value is -2.77. The zero-order valence-corrected chi connectivity index (χ0v) is 17.7. The average Bonchev–Trinajstić information content (AvgIpc) is 2.68. The second-order valence-corrected chi connectivity index (χ2v) is 7.06. The van der Waals surface area contributed by atoms with Crippen molar-refractivity contribution in [1.82, 2.24) is 10.2 Å². The molecule has 0 radical (unpaired) electrons. The van der Waals surface area contributed by atoms with Crippen molar-refractivity contribution in [1.29, 1.82) is 0 Å². The third kappa shape index (κ3) is 6.96. The number of halogens is 1. The number of rotatable bonds is 9. The molecule has 2 aromatic rings. The molecule has 0 aliphatic heterocycles. The third-order valence-corrected chi connectivity index (χ3v) is 4.49. The number of methoxy groups -OCH3 is 2. The van der Waals surface area contributed by atoms with Gasteiger partial charge in [-0.3, -0.25) is 14.5 Å². The van der Waals surface area contributed by atoms with Crippen LogP contribution in [0, 0.1) is 0 Å². The summed E-state index contributed by atoms with van der Waals surface area (Å²) in [5.41, 5.74) is 1.46. The van der Waals surface area contributed by atoms with Gasteiger partial charge in [-0.15, -0.1) is 0 Å². The monoisotopic (exact) mass is 419 g/mol. The molecular weight excluding hydrogens is 394 g/mol. The normalized spacial score (nSPS) is 11.7. The number of nitrogens with one attached hydrogen (secondary N) is 2. The first-order valence-electron chi connectivity index (χ1n) is 9.07. The summed E-state index contributed by atoms with van der Waals surface area (Å²) in [7, 11) is 4.86. The summed E-state index contributed by atoms with van der Waals surface area (Å²) >= 11 is 5.83. The maximum atomic E-state index is 12.4. The van der Waals surface area contributed by atoms with Gasteiger partial charge in [0, 0.05) is 16.3 Å². The first kappa shape index (κ1) is 22.5. The Kier molecular flexibility index (Phi) is 8.30. The SMILES string of the molecule is COc1ccc(OC)c([C@H](C)NC(=O)CN(C)CC(=O)Nc2ccc(Cl)cc2)c1. The zero-order valence-electron chi connectivity index (χ0n) is 17.0. The Morgan fingerprint density at radius 1 is 1.03 bits per heavy atom. The molecule has 0 saturated heterocycles. The molecule has 8 heteroatoms. The van der Waals surface area contributed by atoms with E-state index < -0.39 is 0 Å². The van der Waals surface area contributed by atoms with Gasteiger partial charge >= 0.3 is 0 Å². The lowest BCUT2D eigenvalue weighted by Gasteiger charge is -2.20. The van der Waals surface area contributed by atoms with Crippen molar-refractivity contribution >= 4 is 29.1 Å². The summed E-state index contributed by atoms with van der Waals surface area (Å²) in [6, 6.07) is 12.0. The summed E-state index contributed by atoms with van der Waals surface area (Å²) in [6.07, 6.45) is 0. The zero-order chi connectivity index (χ0) is 21.4. The number of carbonyl (C=O) groups excluding carboxylic acids is 2. The quantitative estimate of drug-likeness (QED) is 0.652. The lowest BCUT2D eigenvalue weighted by Crippen LogP contribution is -2.39. The maximum absolute atomic E-state index is 12.4. The highest BCUT2D eigenvalue weighted by Gasteiger charge is 2.17. The van der Waals surface area contributed by atoms with E-state index in [2.05, 4.69) is 10.6 Å². The van der Waals surface area contributed by atoms with Crippen molar-refractivity contribution in [3.05, 3.63) is 53.1 Å². The summed E-state index contributed by atoms with van der Waals surface area (Å²) in [4.78, 5) is 26.2. The topological polar surface area (TPSA) is 79.9 Å². The number of benzene rings is 2. The first-order valence-corrected chi connectivity index (χ1v) is 9.45. The van der Waals surface area contributed by atoms with Gasteiger partial charge in [0.1, 0.15) is 11.5 Å². The van der Waals surface area contributed by atoms with E-state index in [1.165, 1.54) is 0 Å². The van der Waals surface area contributed by atoms with E-state index in [4.69, 9.17) is 21.1 Å². The van der Waals surface area contributed by atoms with Gasteiger partial charge in [-0.1, -0.05) is 11.6 Å². The molecule has 0 aromatic heterocycles. The van der Waals surface area contributed by atoms with Crippen LogP contribution in [0.4, 0.5) is 5.69 Å². The number of nitrogens with zero attached hydrogens (tertiary/aromatic N) is 1. The highest BCUT2D eigenvalue weighted by molar-refractivity contribution is 6.30. The van der Waals surface area contributed by atoms with Crippen LogP contribution in [0.1, 0.15) is 18.5 Å². The predicted molar refractivity (Wildman–Crippen MR) is 114 cm³/mol. The van der Waals surface area contributed by atoms with E-state index >= 15 is 0 Å².